The molecule has 0 aliphatic heterocycles. The molecule has 0 fully saturated rings. The molecular weight excluding hydrogens is 310 g/mol. The highest BCUT2D eigenvalue weighted by atomic mass is 79.9. The maximum atomic E-state index is 6.31. The van der Waals surface area contributed by atoms with Gasteiger partial charge >= 0.3 is 0 Å². The normalized spacial score (nSPS) is 13.7. The molecule has 1 N–H and O–H groups in total. The van der Waals surface area contributed by atoms with Crippen LogP contribution in [0.1, 0.15) is 33.3 Å². The highest BCUT2D eigenvalue weighted by molar-refractivity contribution is 9.10. The second-order valence-corrected chi connectivity index (χ2v) is 7.13. The molecule has 1 rings (SSSR count). The molecule has 1 unspecified atom stereocenters. The maximum absolute atomic E-state index is 6.31. The Labute approximate surface area is 124 Å². The second-order valence-electron chi connectivity index (χ2n) is 5.81. The van der Waals surface area contributed by atoms with E-state index in [2.05, 4.69) is 61.1 Å². The van der Waals surface area contributed by atoms with Gasteiger partial charge in [-0.2, -0.15) is 0 Å². The van der Waals surface area contributed by atoms with Crippen LogP contribution in [-0.4, -0.2) is 13.1 Å². The van der Waals surface area contributed by atoms with Crippen LogP contribution in [0.4, 0.5) is 0 Å². The fraction of sp³-hybridized carbons (Fsp3) is 0.600. The van der Waals surface area contributed by atoms with Crippen LogP contribution in [0.25, 0.3) is 0 Å². The van der Waals surface area contributed by atoms with Crippen LogP contribution in [0.15, 0.2) is 22.7 Å². The van der Waals surface area contributed by atoms with Crippen molar-refractivity contribution in [3.05, 3.63) is 33.3 Å². The Morgan fingerprint density at radius 2 is 2.00 bits per heavy atom. The summed E-state index contributed by atoms with van der Waals surface area (Å²) in [5.41, 5.74) is 1.51. The van der Waals surface area contributed by atoms with E-state index in [0.29, 0.717) is 5.92 Å². The molecule has 1 aromatic carbocycles. The molecule has 1 nitrogen and oxygen atoms in total. The van der Waals surface area contributed by atoms with Gasteiger partial charge in [0.15, 0.2) is 0 Å². The Morgan fingerprint density at radius 3 is 2.50 bits per heavy atom. The third-order valence-electron chi connectivity index (χ3n) is 3.35. The van der Waals surface area contributed by atoms with Gasteiger partial charge in [0.25, 0.3) is 0 Å². The lowest BCUT2D eigenvalue weighted by Crippen LogP contribution is -2.33. The van der Waals surface area contributed by atoms with Crippen molar-refractivity contribution in [1.29, 1.82) is 0 Å². The Bertz CT molecular complexity index is 385. The summed E-state index contributed by atoms with van der Waals surface area (Å²) >= 11 is 9.75. The van der Waals surface area contributed by atoms with Crippen molar-refractivity contribution in [2.45, 2.75) is 34.1 Å². The summed E-state index contributed by atoms with van der Waals surface area (Å²) in [5, 5.41) is 4.31. The van der Waals surface area contributed by atoms with E-state index in [9.17, 15) is 0 Å². The van der Waals surface area contributed by atoms with Crippen molar-refractivity contribution in [1.82, 2.24) is 5.32 Å². The van der Waals surface area contributed by atoms with Gasteiger partial charge in [0.05, 0.1) is 0 Å². The molecule has 0 spiro atoms. The van der Waals surface area contributed by atoms with E-state index in [1.165, 1.54) is 5.56 Å². The van der Waals surface area contributed by atoms with Crippen molar-refractivity contribution in [3.63, 3.8) is 0 Å². The molecule has 1 atom stereocenters. The van der Waals surface area contributed by atoms with E-state index < -0.39 is 0 Å². The SMILES string of the molecule is CCNCC(Cc1ccc(Br)cc1Cl)C(C)(C)C. The molecule has 1 aromatic rings. The largest absolute Gasteiger partial charge is 0.317 e. The first kappa shape index (κ1) is 16.0. The van der Waals surface area contributed by atoms with E-state index in [4.69, 9.17) is 11.6 Å². The second kappa shape index (κ2) is 6.93. The van der Waals surface area contributed by atoms with Gasteiger partial charge in [0.1, 0.15) is 0 Å². The van der Waals surface area contributed by atoms with Crippen LogP contribution in [0.5, 0.6) is 0 Å². The van der Waals surface area contributed by atoms with Gasteiger partial charge in [0.2, 0.25) is 0 Å². The van der Waals surface area contributed by atoms with Crippen molar-refractivity contribution in [3.8, 4) is 0 Å². The van der Waals surface area contributed by atoms with Crippen LogP contribution in [-0.2, 0) is 6.42 Å². The van der Waals surface area contributed by atoms with Crippen molar-refractivity contribution in [2.24, 2.45) is 11.3 Å². The van der Waals surface area contributed by atoms with Crippen molar-refractivity contribution < 1.29 is 0 Å². The lowest BCUT2D eigenvalue weighted by Gasteiger charge is -2.31. The molecule has 0 heterocycles. The average molecular weight is 333 g/mol. The van der Waals surface area contributed by atoms with Crippen LogP contribution in [0.3, 0.4) is 0 Å². The quantitative estimate of drug-likeness (QED) is 0.807. The Kier molecular flexibility index (Phi) is 6.16. The molecule has 0 aliphatic carbocycles. The first-order chi connectivity index (χ1) is 8.34. The number of benzene rings is 1. The Morgan fingerprint density at radius 1 is 1.33 bits per heavy atom. The topological polar surface area (TPSA) is 12.0 Å². The first-order valence-corrected chi connectivity index (χ1v) is 7.66. The van der Waals surface area contributed by atoms with Gasteiger partial charge in [-0.3, -0.25) is 0 Å². The molecule has 0 aliphatic rings. The smallest absolute Gasteiger partial charge is 0.0449 e. The van der Waals surface area contributed by atoms with Gasteiger partial charge in [-0.1, -0.05) is 61.3 Å². The van der Waals surface area contributed by atoms with Gasteiger partial charge in [-0.25, -0.2) is 0 Å². The summed E-state index contributed by atoms with van der Waals surface area (Å²) in [6.07, 6.45) is 1.02. The van der Waals surface area contributed by atoms with Crippen LogP contribution >= 0.6 is 27.5 Å². The van der Waals surface area contributed by atoms with Crippen LogP contribution in [0, 0.1) is 11.3 Å². The number of rotatable bonds is 5. The summed E-state index contributed by atoms with van der Waals surface area (Å²) in [6, 6.07) is 6.16. The van der Waals surface area contributed by atoms with Gasteiger partial charge in [-0.05, 0) is 48.5 Å². The fourth-order valence-electron chi connectivity index (χ4n) is 1.96. The summed E-state index contributed by atoms with van der Waals surface area (Å²) in [4.78, 5) is 0. The highest BCUT2D eigenvalue weighted by Gasteiger charge is 2.25. The summed E-state index contributed by atoms with van der Waals surface area (Å²) in [7, 11) is 0. The first-order valence-electron chi connectivity index (χ1n) is 6.49. The molecule has 0 amide bonds. The summed E-state index contributed by atoms with van der Waals surface area (Å²) < 4.78 is 1.04. The molecular formula is C15H23BrClN. The molecule has 3 heteroatoms. The Balaban J connectivity index is 2.82. The third kappa shape index (κ3) is 4.91. The molecule has 0 bridgehead atoms. The number of nitrogens with one attached hydrogen (secondary N) is 1. The third-order valence-corrected chi connectivity index (χ3v) is 4.19. The molecule has 102 valence electrons. The maximum Gasteiger partial charge on any atom is 0.0449 e. The molecule has 0 radical (unpaired) electrons. The zero-order valence-corrected chi connectivity index (χ0v) is 14.0. The average Bonchev–Trinajstić information content (AvgIpc) is 2.25. The van der Waals surface area contributed by atoms with E-state index in [0.717, 1.165) is 29.0 Å². The zero-order valence-electron chi connectivity index (χ0n) is 11.7. The monoisotopic (exact) mass is 331 g/mol. The molecule has 0 saturated heterocycles. The molecule has 0 saturated carbocycles. The van der Waals surface area contributed by atoms with Crippen molar-refractivity contribution >= 4 is 27.5 Å². The zero-order chi connectivity index (χ0) is 13.8. The van der Waals surface area contributed by atoms with Crippen LogP contribution < -0.4 is 5.32 Å². The van der Waals surface area contributed by atoms with E-state index in [1.54, 1.807) is 0 Å². The predicted octanol–water partition coefficient (Wildman–Crippen LogP) is 4.92. The summed E-state index contributed by atoms with van der Waals surface area (Å²) in [5.74, 6) is 0.580. The lowest BCUT2D eigenvalue weighted by molar-refractivity contribution is 0.232. The fourth-order valence-corrected chi connectivity index (χ4v) is 2.71. The number of hydrogen-bond acceptors (Lipinski definition) is 1. The predicted molar refractivity (Wildman–Crippen MR) is 84.3 cm³/mol. The minimum Gasteiger partial charge on any atom is -0.317 e. The molecule has 0 aromatic heterocycles. The number of halogens is 2. The molecule has 18 heavy (non-hydrogen) atoms. The number of hydrogen-bond donors (Lipinski definition) is 1. The minimum atomic E-state index is 0.276. The van der Waals surface area contributed by atoms with Gasteiger partial charge in [0, 0.05) is 9.50 Å². The van der Waals surface area contributed by atoms with Gasteiger partial charge in [-0.15, -0.1) is 0 Å². The standard InChI is InChI=1S/C15H23BrClN/c1-5-18-10-12(15(2,3)4)8-11-6-7-13(16)9-14(11)17/h6-7,9,12,18H,5,8,10H2,1-4H3. The van der Waals surface area contributed by atoms with Crippen molar-refractivity contribution in [2.75, 3.05) is 13.1 Å². The van der Waals surface area contributed by atoms with E-state index in [1.807, 2.05) is 6.07 Å². The Hall–Kier alpha value is -0.0500. The summed E-state index contributed by atoms with van der Waals surface area (Å²) in [6.45, 7) is 11.1. The minimum absolute atomic E-state index is 0.276. The van der Waals surface area contributed by atoms with E-state index in [-0.39, 0.29) is 5.41 Å². The highest BCUT2D eigenvalue weighted by Crippen LogP contribution is 2.31. The van der Waals surface area contributed by atoms with Gasteiger partial charge < -0.3 is 5.32 Å². The van der Waals surface area contributed by atoms with Crippen LogP contribution in [0.2, 0.25) is 5.02 Å². The van der Waals surface area contributed by atoms with E-state index >= 15 is 0 Å². The lowest BCUT2D eigenvalue weighted by atomic mass is 9.77.